The van der Waals surface area contributed by atoms with Gasteiger partial charge in [-0.1, -0.05) is 54.6 Å². The number of nitrogens with one attached hydrogen (secondary N) is 3. The maximum absolute atomic E-state index is 12.4. The van der Waals surface area contributed by atoms with Crippen LogP contribution in [0.5, 0.6) is 0 Å². The number of amides is 8. The number of fused-ring (bicyclic) bond motifs is 1. The van der Waals surface area contributed by atoms with E-state index in [1.807, 2.05) is 162 Å². The molecule has 0 spiro atoms. The van der Waals surface area contributed by atoms with E-state index in [9.17, 15) is 47.9 Å². The van der Waals surface area contributed by atoms with Gasteiger partial charge in [0.25, 0.3) is 0 Å². The van der Waals surface area contributed by atoms with Crippen molar-refractivity contribution in [1.29, 1.82) is 0 Å². The van der Waals surface area contributed by atoms with Crippen molar-refractivity contribution < 1.29 is 57.7 Å². The predicted molar refractivity (Wildman–Crippen MR) is 446 cm³/mol. The number of likely N-dealkylation sites (tertiary alicyclic amines) is 8. The first-order chi connectivity index (χ1) is 53.9. The Kier molecular flexibility index (Phi) is 41.8. The number of likely N-dealkylation sites (N-methyl/N-ethyl adjacent to an activating group) is 10. The molecule has 10 fully saturated rings. The lowest BCUT2D eigenvalue weighted by atomic mass is 10.0. The highest BCUT2D eigenvalue weighted by atomic mass is 32.2. The number of thioether (sulfide) groups is 1. The molecule has 13 rings (SSSR count). The van der Waals surface area contributed by atoms with Gasteiger partial charge in [0.15, 0.2) is 0 Å². The van der Waals surface area contributed by atoms with Gasteiger partial charge in [0.05, 0.1) is 79.6 Å². The van der Waals surface area contributed by atoms with Gasteiger partial charge in [0.2, 0.25) is 47.3 Å². The van der Waals surface area contributed by atoms with E-state index in [0.717, 1.165) is 192 Å². The van der Waals surface area contributed by atoms with Crippen LogP contribution in [0.15, 0.2) is 54.6 Å². The number of nitrogens with zero attached hydrogens (tertiary/aromatic N) is 13. The standard InChI is InChI=1S/C14H20N2O2.C14H18N2O.C11H22N2O2.C10H18N2O2.C10H20N2O.C9H16N2OS.C8H15FN2O.C8H16N2O/c1-10(11-6-4-3-5-7-11)15-14(18)13-8-12(17)9-16(13)2;1-15-8-4-7-13(15)14(17)16-9-11-5-2-3-6-12(11)10-16;1-11(2,6-8-14)12-10(15)9-5-4-7-13(9)3;1-11-4-2-3-9(11)10(13)12-5-7-14-8-6-12;1-4-12(5-2)10(13)9-7-6-8-11(9)3;1-10-4-2-3-8(10)9(12)11-5-6-13-7-11;1-11-6-2-3-7(11)8(12)10-5-4-9;1-9(2)8(11)7-5-4-6-10(7)3/h3-7,10,12-13,17H,8-9H2,1-2H3,(H,15,18);2-3,5-6,13H,4,7-10H2,1H3;9,14H,4-8H2,1-3H3,(H,12,15);9H,2-8H2,1H3;9H,4-8H2,1-3H3;8H,2-7H2,1H3;7H,2-6H2,1H3,(H,10,12);7H,4-6H2,1-3H3/t10?,12?,13-;13-;3*9-;8-;2*7-/m00000000/s1. The van der Waals surface area contributed by atoms with Crippen LogP contribution in [-0.4, -0.2) is 381 Å². The second-order valence-electron chi connectivity index (χ2n) is 33.1. The Morgan fingerprint density at radius 2 is 0.947 bits per heavy atom. The molecule has 0 bridgehead atoms. The Balaban J connectivity index is 0.000000202. The molecule has 0 aromatic heterocycles. The van der Waals surface area contributed by atoms with Crippen molar-refractivity contribution in [3.63, 3.8) is 0 Å². The molecule has 0 radical (unpaired) electrons. The fourth-order valence-corrected chi connectivity index (χ4v) is 17.5. The van der Waals surface area contributed by atoms with Gasteiger partial charge in [-0.3, -0.25) is 77.6 Å². The molecule has 10 saturated heterocycles. The van der Waals surface area contributed by atoms with Gasteiger partial charge < -0.3 is 55.4 Å². The summed E-state index contributed by atoms with van der Waals surface area (Å²) in [5, 5.41) is 27.0. The summed E-state index contributed by atoms with van der Waals surface area (Å²) in [5.74, 6) is 3.58. The Hall–Kier alpha value is -5.96. The van der Waals surface area contributed by atoms with Crippen LogP contribution in [0.25, 0.3) is 0 Å². The second-order valence-corrected chi connectivity index (χ2v) is 34.1. The molecule has 8 amide bonds. The van der Waals surface area contributed by atoms with E-state index in [4.69, 9.17) is 9.84 Å². The van der Waals surface area contributed by atoms with Gasteiger partial charge in [-0.2, -0.15) is 0 Å². The number of hydrogen-bond acceptors (Lipinski definition) is 20. The molecule has 27 nitrogen and oxygen atoms in total. The molecule has 2 aromatic carbocycles. The van der Waals surface area contributed by atoms with E-state index in [-0.39, 0.29) is 96.7 Å². The maximum atomic E-state index is 12.4. The van der Waals surface area contributed by atoms with Crippen LogP contribution in [0.1, 0.15) is 160 Å². The smallest absolute Gasteiger partial charge is 0.240 e. The number of hydrogen-bond donors (Lipinski definition) is 5. The number of carbonyl (C=O) groups is 8. The summed E-state index contributed by atoms with van der Waals surface area (Å²) in [4.78, 5) is 121. The van der Waals surface area contributed by atoms with E-state index < -0.39 is 12.8 Å². The Labute approximate surface area is 681 Å². The molecule has 29 heteroatoms. The average molecular weight is 1610 g/mol. The van der Waals surface area contributed by atoms with Gasteiger partial charge in [0, 0.05) is 90.9 Å². The second kappa shape index (κ2) is 49.3. The molecule has 2 aromatic rings. The van der Waals surface area contributed by atoms with Crippen LogP contribution < -0.4 is 16.0 Å². The first-order valence-electron chi connectivity index (χ1n) is 42.0. The van der Waals surface area contributed by atoms with Crippen molar-refractivity contribution in [2.45, 2.75) is 216 Å². The topological polar surface area (TPSA) is 264 Å². The monoisotopic (exact) mass is 1610 g/mol. The summed E-state index contributed by atoms with van der Waals surface area (Å²) in [7, 11) is 19.6. The highest BCUT2D eigenvalue weighted by Gasteiger charge is 2.39. The molecular formula is C84H145FN16O11S. The van der Waals surface area contributed by atoms with E-state index in [2.05, 4.69) is 83.7 Å². The Morgan fingerprint density at radius 1 is 0.531 bits per heavy atom. The SMILES string of the molecule is CC(NC(=O)[C@@H]1CC(O)CN1C)c1ccccc1.CCN(CC)C(=O)[C@@H]1CCCN1C.CN(C)C(=O)[C@@H]1CCCN1C.CN1CCC[C@H]1C(=O)N1CCOCC1.CN1CCC[C@H]1C(=O)N1CCSC1.CN1CCC[C@H]1C(=O)N1Cc2ccccc2C1.CN1CCC[C@H]1C(=O)NC(C)(C)CCO.CN1CCC[C@H]1C(=O)NCCF. The van der Waals surface area contributed by atoms with Crippen molar-refractivity contribution >= 4 is 59.0 Å². The molecule has 2 unspecified atom stereocenters. The first kappa shape index (κ1) is 95.9. The van der Waals surface area contributed by atoms with Crippen LogP contribution in [-0.2, 0) is 56.2 Å². The lowest BCUT2D eigenvalue weighted by molar-refractivity contribution is -0.139. The van der Waals surface area contributed by atoms with Gasteiger partial charge >= 0.3 is 0 Å². The molecule has 0 saturated carbocycles. The number of β-amino-alcohol motifs (C(OH)–C–C–N with tert-alkyl or cyclic N) is 1. The lowest BCUT2D eigenvalue weighted by Crippen LogP contribution is -2.50. The van der Waals surface area contributed by atoms with Crippen molar-refractivity contribution in [1.82, 2.24) is 79.6 Å². The lowest BCUT2D eigenvalue weighted by Gasteiger charge is -2.31. The third kappa shape index (κ3) is 30.2. The highest BCUT2D eigenvalue weighted by molar-refractivity contribution is 7.99. The fraction of sp³-hybridized carbons (Fsp3) is 0.762. The molecule has 113 heavy (non-hydrogen) atoms. The Bertz CT molecular complexity index is 3150. The number of rotatable bonds is 17. The zero-order valence-electron chi connectivity index (χ0n) is 71.5. The van der Waals surface area contributed by atoms with E-state index in [1.54, 1.807) is 4.90 Å². The summed E-state index contributed by atoms with van der Waals surface area (Å²) in [6.45, 7) is 24.7. The normalized spacial score (nSPS) is 25.7. The predicted octanol–water partition coefficient (Wildman–Crippen LogP) is 4.75. The zero-order chi connectivity index (χ0) is 82.9. The number of alkyl halides is 1. The summed E-state index contributed by atoms with van der Waals surface area (Å²) >= 11 is 1.86. The molecule has 5 N–H and O–H groups in total. The third-order valence-corrected chi connectivity index (χ3v) is 24.8. The van der Waals surface area contributed by atoms with Crippen LogP contribution in [0.4, 0.5) is 4.39 Å². The highest BCUT2D eigenvalue weighted by Crippen LogP contribution is 2.28. The summed E-state index contributed by atoms with van der Waals surface area (Å²) in [5.41, 5.74) is 3.39. The van der Waals surface area contributed by atoms with Crippen molar-refractivity contribution in [3.8, 4) is 0 Å². The van der Waals surface area contributed by atoms with Crippen molar-refractivity contribution in [2.75, 3.05) is 200 Å². The molecular weight excluding hydrogens is 1460 g/mol. The van der Waals surface area contributed by atoms with E-state index >= 15 is 0 Å². The fourth-order valence-electron chi connectivity index (χ4n) is 16.6. The number of aliphatic hydroxyl groups is 2. The van der Waals surface area contributed by atoms with Crippen LogP contribution in [0.2, 0.25) is 0 Å². The van der Waals surface area contributed by atoms with Gasteiger partial charge in [-0.25, -0.2) is 4.39 Å². The molecule has 11 heterocycles. The zero-order valence-corrected chi connectivity index (χ0v) is 72.3. The number of carbonyl (C=O) groups excluding carboxylic acids is 8. The van der Waals surface area contributed by atoms with Crippen molar-refractivity contribution in [2.24, 2.45) is 0 Å². The summed E-state index contributed by atoms with van der Waals surface area (Å²) in [6.07, 6.45) is 15.6. The molecule has 10 atom stereocenters. The number of morpholine rings is 1. The number of halogens is 1. The summed E-state index contributed by atoms with van der Waals surface area (Å²) in [6, 6.07) is 18.7. The van der Waals surface area contributed by atoms with Crippen LogP contribution >= 0.6 is 11.8 Å². The number of aliphatic hydroxyl groups excluding tert-OH is 2. The molecule has 0 aliphatic carbocycles. The van der Waals surface area contributed by atoms with E-state index in [0.29, 0.717) is 56.2 Å². The van der Waals surface area contributed by atoms with Crippen LogP contribution in [0, 0.1) is 0 Å². The van der Waals surface area contributed by atoms with Gasteiger partial charge in [0.1, 0.15) is 6.67 Å². The quantitative estimate of drug-likeness (QED) is 0.143. The van der Waals surface area contributed by atoms with Crippen molar-refractivity contribution in [3.05, 3.63) is 71.3 Å². The van der Waals surface area contributed by atoms with E-state index in [1.165, 1.54) is 17.5 Å². The minimum atomic E-state index is -0.484. The number of ether oxygens (including phenoxy) is 1. The minimum absolute atomic E-state index is 0.00889. The summed E-state index contributed by atoms with van der Waals surface area (Å²) < 4.78 is 16.9. The molecule has 11 aliphatic heterocycles. The maximum Gasteiger partial charge on any atom is 0.240 e. The largest absolute Gasteiger partial charge is 0.396 e. The van der Waals surface area contributed by atoms with Crippen LogP contribution in [0.3, 0.4) is 0 Å². The first-order valence-corrected chi connectivity index (χ1v) is 43.1. The molecule has 11 aliphatic rings. The minimum Gasteiger partial charge on any atom is -0.396 e. The molecule has 640 valence electrons. The van der Waals surface area contributed by atoms with Gasteiger partial charge in [-0.15, -0.1) is 11.8 Å². The van der Waals surface area contributed by atoms with Gasteiger partial charge in [-0.05, 0) is 256 Å². The Morgan fingerprint density at radius 3 is 1.34 bits per heavy atom. The average Bonchev–Trinajstić information content (AvgIpc) is 1.66. The third-order valence-electron chi connectivity index (χ3n) is 23.8. The number of benzene rings is 2.